The zero-order chi connectivity index (χ0) is 8.93. The van der Waals surface area contributed by atoms with E-state index in [1.807, 2.05) is 0 Å². The van der Waals surface area contributed by atoms with E-state index in [9.17, 15) is 0 Å². The van der Waals surface area contributed by atoms with E-state index in [-0.39, 0.29) is 0 Å². The Morgan fingerprint density at radius 2 is 2.15 bits per heavy atom. The summed E-state index contributed by atoms with van der Waals surface area (Å²) < 4.78 is 5.82. The van der Waals surface area contributed by atoms with E-state index in [1.54, 1.807) is 0 Å². The molecule has 2 N–H and O–H groups in total. The van der Waals surface area contributed by atoms with Crippen LogP contribution in [0.25, 0.3) is 0 Å². The Labute approximate surface area is 80.2 Å². The molecule has 2 heterocycles. The van der Waals surface area contributed by atoms with Crippen molar-refractivity contribution in [3.63, 3.8) is 0 Å². The van der Waals surface area contributed by atoms with Gasteiger partial charge in [-0.2, -0.15) is 0 Å². The first-order valence-corrected chi connectivity index (χ1v) is 5.51. The van der Waals surface area contributed by atoms with Crippen LogP contribution in [0, 0.1) is 0 Å². The topological polar surface area (TPSA) is 33.3 Å². The highest BCUT2D eigenvalue weighted by Crippen LogP contribution is 2.09. The van der Waals surface area contributed by atoms with Gasteiger partial charge in [0.1, 0.15) is 0 Å². The van der Waals surface area contributed by atoms with E-state index in [1.165, 1.54) is 32.2 Å². The smallest absolute Gasteiger partial charge is 0.0712 e. The lowest BCUT2D eigenvalue weighted by Crippen LogP contribution is -2.38. The maximum absolute atomic E-state index is 5.82. The largest absolute Gasteiger partial charge is 0.375 e. The van der Waals surface area contributed by atoms with Crippen LogP contribution >= 0.6 is 0 Å². The van der Waals surface area contributed by atoms with Crippen LogP contribution in [0.3, 0.4) is 0 Å². The third-order valence-corrected chi connectivity index (χ3v) is 2.96. The van der Waals surface area contributed by atoms with Crippen molar-refractivity contribution in [3.05, 3.63) is 0 Å². The molecule has 0 aromatic rings. The zero-order valence-electron chi connectivity index (χ0n) is 8.22. The van der Waals surface area contributed by atoms with Crippen LogP contribution in [0.1, 0.15) is 25.7 Å². The maximum Gasteiger partial charge on any atom is 0.0712 e. The van der Waals surface area contributed by atoms with Crippen molar-refractivity contribution in [1.29, 1.82) is 0 Å². The second-order valence-corrected chi connectivity index (χ2v) is 4.09. The summed E-state index contributed by atoms with van der Waals surface area (Å²) in [5, 5.41) is 6.81. The van der Waals surface area contributed by atoms with Crippen LogP contribution in [0.4, 0.5) is 0 Å². The summed E-state index contributed by atoms with van der Waals surface area (Å²) in [5.41, 5.74) is 0. The fourth-order valence-corrected chi connectivity index (χ4v) is 2.09. The van der Waals surface area contributed by atoms with Crippen molar-refractivity contribution in [3.8, 4) is 0 Å². The van der Waals surface area contributed by atoms with Gasteiger partial charge in [0.25, 0.3) is 0 Å². The molecule has 0 bridgehead atoms. The number of nitrogens with one attached hydrogen (secondary N) is 2. The third-order valence-electron chi connectivity index (χ3n) is 2.96. The monoisotopic (exact) mass is 184 g/mol. The third kappa shape index (κ3) is 2.93. The summed E-state index contributed by atoms with van der Waals surface area (Å²) in [6.07, 6.45) is 5.65. The van der Waals surface area contributed by atoms with Crippen LogP contribution in [-0.4, -0.2) is 38.4 Å². The first-order chi connectivity index (χ1) is 6.45. The average molecular weight is 184 g/mol. The van der Waals surface area contributed by atoms with E-state index in [4.69, 9.17) is 4.74 Å². The van der Waals surface area contributed by atoms with Crippen LogP contribution < -0.4 is 10.6 Å². The minimum Gasteiger partial charge on any atom is -0.375 e. The molecule has 0 saturated carbocycles. The molecule has 2 saturated heterocycles. The summed E-state index contributed by atoms with van der Waals surface area (Å²) in [5.74, 6) is 0. The van der Waals surface area contributed by atoms with Gasteiger partial charge in [0.2, 0.25) is 0 Å². The molecular weight excluding hydrogens is 164 g/mol. The second kappa shape index (κ2) is 4.94. The molecule has 0 radical (unpaired) electrons. The van der Waals surface area contributed by atoms with E-state index < -0.39 is 0 Å². The number of piperidine rings is 1. The molecule has 0 spiro atoms. The molecule has 2 rings (SSSR count). The fourth-order valence-electron chi connectivity index (χ4n) is 2.09. The molecule has 76 valence electrons. The van der Waals surface area contributed by atoms with Crippen molar-refractivity contribution in [2.45, 2.75) is 37.8 Å². The minimum atomic E-state index is 0.476. The van der Waals surface area contributed by atoms with Crippen molar-refractivity contribution in [2.24, 2.45) is 0 Å². The highest BCUT2D eigenvalue weighted by molar-refractivity contribution is 4.75. The van der Waals surface area contributed by atoms with Crippen LogP contribution in [0.15, 0.2) is 0 Å². The van der Waals surface area contributed by atoms with E-state index in [0.717, 1.165) is 19.7 Å². The number of ether oxygens (including phenoxy) is 1. The molecule has 2 atom stereocenters. The summed E-state index contributed by atoms with van der Waals surface area (Å²) in [4.78, 5) is 0. The maximum atomic E-state index is 5.82. The molecule has 2 aliphatic rings. The quantitative estimate of drug-likeness (QED) is 0.670. The van der Waals surface area contributed by atoms with E-state index >= 15 is 0 Å². The van der Waals surface area contributed by atoms with Gasteiger partial charge < -0.3 is 15.4 Å². The highest BCUT2D eigenvalue weighted by atomic mass is 16.5. The van der Waals surface area contributed by atoms with Crippen LogP contribution in [0.5, 0.6) is 0 Å². The van der Waals surface area contributed by atoms with Gasteiger partial charge >= 0.3 is 0 Å². The van der Waals surface area contributed by atoms with Crippen molar-refractivity contribution in [2.75, 3.05) is 26.2 Å². The lowest BCUT2D eigenvalue weighted by Gasteiger charge is -2.24. The first kappa shape index (κ1) is 9.44. The lowest BCUT2D eigenvalue weighted by atomic mass is 10.1. The molecular formula is C10H20N2O. The zero-order valence-corrected chi connectivity index (χ0v) is 8.22. The molecule has 2 aliphatic heterocycles. The van der Waals surface area contributed by atoms with Crippen molar-refractivity contribution >= 4 is 0 Å². The first-order valence-electron chi connectivity index (χ1n) is 5.51. The van der Waals surface area contributed by atoms with Gasteiger partial charge in [-0.05, 0) is 32.4 Å². The molecule has 1 unspecified atom stereocenters. The summed E-state index contributed by atoms with van der Waals surface area (Å²) in [6, 6.07) is 0.620. The summed E-state index contributed by atoms with van der Waals surface area (Å²) >= 11 is 0. The average Bonchev–Trinajstić information content (AvgIpc) is 2.69. The van der Waals surface area contributed by atoms with Crippen LogP contribution in [0.2, 0.25) is 0 Å². The van der Waals surface area contributed by atoms with Gasteiger partial charge in [0.15, 0.2) is 0 Å². The Kier molecular flexibility index (Phi) is 3.58. The molecule has 0 aromatic heterocycles. The Bertz CT molecular complexity index is 140. The van der Waals surface area contributed by atoms with Crippen molar-refractivity contribution in [1.82, 2.24) is 10.6 Å². The Hall–Kier alpha value is -0.120. The normalized spacial score (nSPS) is 35.1. The Morgan fingerprint density at radius 1 is 1.15 bits per heavy atom. The highest BCUT2D eigenvalue weighted by Gasteiger charge is 2.18. The van der Waals surface area contributed by atoms with Gasteiger partial charge in [0.05, 0.1) is 12.7 Å². The molecule has 0 aromatic carbocycles. The Morgan fingerprint density at radius 3 is 2.85 bits per heavy atom. The standard InChI is InChI=1S/C10H20N2O/c1-2-5-12-9(3-1)8-13-10-4-6-11-7-10/h9-12H,1-8H2/t9?,10-/m0/s1. The predicted octanol–water partition coefficient (Wildman–Crippen LogP) is 0.507. The lowest BCUT2D eigenvalue weighted by molar-refractivity contribution is 0.0457. The number of rotatable bonds is 3. The predicted molar refractivity (Wildman–Crippen MR) is 52.9 cm³/mol. The molecule has 3 heteroatoms. The van der Waals surface area contributed by atoms with Crippen LogP contribution in [-0.2, 0) is 4.74 Å². The second-order valence-electron chi connectivity index (χ2n) is 4.09. The fraction of sp³-hybridized carbons (Fsp3) is 1.00. The molecule has 2 fully saturated rings. The van der Waals surface area contributed by atoms with Gasteiger partial charge in [-0.25, -0.2) is 0 Å². The number of hydrogen-bond acceptors (Lipinski definition) is 3. The van der Waals surface area contributed by atoms with Gasteiger partial charge in [-0.1, -0.05) is 6.42 Å². The van der Waals surface area contributed by atoms with Gasteiger partial charge in [-0.15, -0.1) is 0 Å². The van der Waals surface area contributed by atoms with E-state index in [0.29, 0.717) is 12.1 Å². The van der Waals surface area contributed by atoms with Gasteiger partial charge in [0, 0.05) is 12.6 Å². The molecule has 13 heavy (non-hydrogen) atoms. The minimum absolute atomic E-state index is 0.476. The molecule has 0 aliphatic carbocycles. The number of hydrogen-bond donors (Lipinski definition) is 2. The van der Waals surface area contributed by atoms with Gasteiger partial charge in [-0.3, -0.25) is 0 Å². The summed E-state index contributed by atoms with van der Waals surface area (Å²) in [6.45, 7) is 4.26. The van der Waals surface area contributed by atoms with Crippen molar-refractivity contribution < 1.29 is 4.74 Å². The molecule has 3 nitrogen and oxygen atoms in total. The summed E-state index contributed by atoms with van der Waals surface area (Å²) in [7, 11) is 0. The van der Waals surface area contributed by atoms with E-state index in [2.05, 4.69) is 10.6 Å². The SMILES string of the molecule is C1CCC(CO[C@H]2CCNC2)NC1. The Balaban J connectivity index is 1.60. The molecule has 0 amide bonds.